The number of ether oxygens (including phenoxy) is 1. The number of fused-ring (bicyclic) bond motifs is 3. The molecule has 146 valence electrons. The monoisotopic (exact) mass is 372 g/mol. The standard InChI is InChI=1S/C22H28O5/c1-11(2)20-18-9-15(10-27-14(5)23)8-16-17(6-12(3)21(16)25)22(18,26)13(4)7-19(20)24/h6,9,13,16-18,26H,7-8,10H2,1-5H3/t13-,16-,17-,18+,22+/m1/s1. The third kappa shape index (κ3) is 3.12. The molecule has 1 N–H and O–H groups in total. The number of hydrogen-bond donors (Lipinski definition) is 1. The van der Waals surface area contributed by atoms with Gasteiger partial charge in [-0.2, -0.15) is 0 Å². The van der Waals surface area contributed by atoms with E-state index in [0.29, 0.717) is 17.6 Å². The van der Waals surface area contributed by atoms with Crippen LogP contribution in [0.5, 0.6) is 0 Å². The highest BCUT2D eigenvalue weighted by atomic mass is 16.5. The van der Waals surface area contributed by atoms with Crippen LogP contribution >= 0.6 is 0 Å². The summed E-state index contributed by atoms with van der Waals surface area (Å²) < 4.78 is 5.19. The molecule has 1 saturated carbocycles. The molecular formula is C22H28O5. The summed E-state index contributed by atoms with van der Waals surface area (Å²) in [6.07, 6.45) is 4.47. The van der Waals surface area contributed by atoms with Gasteiger partial charge in [0.1, 0.15) is 6.61 Å². The largest absolute Gasteiger partial charge is 0.461 e. The van der Waals surface area contributed by atoms with Gasteiger partial charge >= 0.3 is 5.97 Å². The van der Waals surface area contributed by atoms with E-state index in [4.69, 9.17) is 4.74 Å². The Hall–Kier alpha value is -2.01. The van der Waals surface area contributed by atoms with Gasteiger partial charge in [-0.3, -0.25) is 14.4 Å². The van der Waals surface area contributed by atoms with Gasteiger partial charge in [-0.15, -0.1) is 0 Å². The average Bonchev–Trinajstić information content (AvgIpc) is 2.77. The van der Waals surface area contributed by atoms with Crippen molar-refractivity contribution in [1.82, 2.24) is 0 Å². The van der Waals surface area contributed by atoms with Crippen molar-refractivity contribution in [3.05, 3.63) is 34.4 Å². The molecule has 5 nitrogen and oxygen atoms in total. The minimum atomic E-state index is -1.21. The Bertz CT molecular complexity index is 796. The Balaban J connectivity index is 2.17. The van der Waals surface area contributed by atoms with Crippen molar-refractivity contribution in [2.75, 3.05) is 6.61 Å². The van der Waals surface area contributed by atoms with E-state index >= 15 is 0 Å². The minimum absolute atomic E-state index is 0.0330. The van der Waals surface area contributed by atoms with E-state index in [0.717, 1.165) is 11.1 Å². The Morgan fingerprint density at radius 3 is 2.48 bits per heavy atom. The Morgan fingerprint density at radius 1 is 1.22 bits per heavy atom. The van der Waals surface area contributed by atoms with E-state index < -0.39 is 17.5 Å². The second kappa shape index (κ2) is 6.86. The highest BCUT2D eigenvalue weighted by molar-refractivity contribution is 6.01. The smallest absolute Gasteiger partial charge is 0.302 e. The lowest BCUT2D eigenvalue weighted by Crippen LogP contribution is -2.55. The Kier molecular flexibility index (Phi) is 5.02. The second-order valence-electron chi connectivity index (χ2n) is 8.46. The molecule has 0 spiro atoms. The summed E-state index contributed by atoms with van der Waals surface area (Å²) in [7, 11) is 0. The van der Waals surface area contributed by atoms with Gasteiger partial charge in [-0.1, -0.05) is 24.6 Å². The fraction of sp³-hybridized carbons (Fsp3) is 0.591. The zero-order valence-corrected chi connectivity index (χ0v) is 16.7. The zero-order chi connectivity index (χ0) is 20.1. The number of allylic oxidation sites excluding steroid dienone is 2. The van der Waals surface area contributed by atoms with Crippen LogP contribution in [0.2, 0.25) is 0 Å². The highest BCUT2D eigenvalue weighted by Crippen LogP contribution is 2.54. The predicted molar refractivity (Wildman–Crippen MR) is 101 cm³/mol. The first-order chi connectivity index (χ1) is 12.6. The number of aliphatic hydroxyl groups is 1. The molecule has 0 saturated heterocycles. The van der Waals surface area contributed by atoms with Crippen molar-refractivity contribution in [2.24, 2.45) is 23.7 Å². The quantitative estimate of drug-likeness (QED) is 0.458. The average molecular weight is 372 g/mol. The molecule has 0 aromatic heterocycles. The molecule has 0 unspecified atom stereocenters. The number of ketones is 2. The predicted octanol–water partition coefficient (Wildman–Crippen LogP) is 2.93. The lowest BCUT2D eigenvalue weighted by Gasteiger charge is -2.48. The molecule has 0 heterocycles. The lowest BCUT2D eigenvalue weighted by molar-refractivity contribution is -0.140. The zero-order valence-electron chi connectivity index (χ0n) is 16.7. The third-order valence-electron chi connectivity index (χ3n) is 6.40. The topological polar surface area (TPSA) is 80.7 Å². The maximum absolute atomic E-state index is 12.8. The van der Waals surface area contributed by atoms with Gasteiger partial charge in [0.25, 0.3) is 0 Å². The van der Waals surface area contributed by atoms with Gasteiger partial charge in [0, 0.05) is 36.7 Å². The van der Waals surface area contributed by atoms with Crippen LogP contribution in [0.25, 0.3) is 0 Å². The first-order valence-electron chi connectivity index (χ1n) is 9.55. The molecule has 0 aliphatic heterocycles. The van der Waals surface area contributed by atoms with Crippen LogP contribution in [0.3, 0.4) is 0 Å². The van der Waals surface area contributed by atoms with Crippen LogP contribution < -0.4 is 0 Å². The molecule has 0 amide bonds. The highest BCUT2D eigenvalue weighted by Gasteiger charge is 2.58. The van der Waals surface area contributed by atoms with Gasteiger partial charge in [0.05, 0.1) is 5.60 Å². The summed E-state index contributed by atoms with van der Waals surface area (Å²) >= 11 is 0. The second-order valence-corrected chi connectivity index (χ2v) is 8.46. The molecule has 27 heavy (non-hydrogen) atoms. The molecule has 1 fully saturated rings. The van der Waals surface area contributed by atoms with Crippen LogP contribution in [-0.4, -0.2) is 34.9 Å². The molecule has 0 radical (unpaired) electrons. The van der Waals surface area contributed by atoms with Crippen LogP contribution in [0, 0.1) is 23.7 Å². The fourth-order valence-corrected chi connectivity index (χ4v) is 5.09. The summed E-state index contributed by atoms with van der Waals surface area (Å²) in [4.78, 5) is 36.9. The van der Waals surface area contributed by atoms with Crippen molar-refractivity contribution >= 4 is 17.5 Å². The number of rotatable bonds is 2. The SMILES string of the molecule is CC(=O)OCC1=C[C@H]2C(=C(C)C)C(=O)C[C@@H](C)[C@]2(O)[C@@H]2C=C(C)C(=O)[C@@H]2C1. The minimum Gasteiger partial charge on any atom is -0.461 e. The molecular weight excluding hydrogens is 344 g/mol. The first-order valence-corrected chi connectivity index (χ1v) is 9.55. The molecule has 0 aromatic rings. The summed E-state index contributed by atoms with van der Waals surface area (Å²) in [5.74, 6) is -1.82. The van der Waals surface area contributed by atoms with Gasteiger partial charge in [0.2, 0.25) is 0 Å². The maximum atomic E-state index is 12.8. The third-order valence-corrected chi connectivity index (χ3v) is 6.40. The number of hydrogen-bond acceptors (Lipinski definition) is 5. The molecule has 5 atom stereocenters. The first kappa shape index (κ1) is 19.7. The normalized spacial score (nSPS) is 35.7. The van der Waals surface area contributed by atoms with Gasteiger partial charge < -0.3 is 9.84 Å². The maximum Gasteiger partial charge on any atom is 0.302 e. The van der Waals surface area contributed by atoms with Crippen LogP contribution in [-0.2, 0) is 19.1 Å². The number of carbonyl (C=O) groups is 3. The van der Waals surface area contributed by atoms with Crippen molar-refractivity contribution in [2.45, 2.75) is 53.1 Å². The van der Waals surface area contributed by atoms with Gasteiger partial charge in [-0.25, -0.2) is 0 Å². The van der Waals surface area contributed by atoms with Crippen molar-refractivity contribution in [1.29, 1.82) is 0 Å². The number of Topliss-reactive ketones (excluding diaryl/α,β-unsaturated/α-hetero) is 2. The van der Waals surface area contributed by atoms with E-state index in [1.54, 1.807) is 6.92 Å². The molecule has 3 rings (SSSR count). The molecule has 5 heteroatoms. The molecule has 3 aliphatic carbocycles. The lowest BCUT2D eigenvalue weighted by atomic mass is 9.59. The summed E-state index contributed by atoms with van der Waals surface area (Å²) in [6, 6.07) is 0. The summed E-state index contributed by atoms with van der Waals surface area (Å²) in [5.41, 5.74) is 1.74. The molecule has 0 bridgehead atoms. The van der Waals surface area contributed by atoms with Crippen molar-refractivity contribution in [3.63, 3.8) is 0 Å². The van der Waals surface area contributed by atoms with Crippen LogP contribution in [0.15, 0.2) is 34.4 Å². The van der Waals surface area contributed by atoms with E-state index in [2.05, 4.69) is 0 Å². The Labute approximate surface area is 160 Å². The van der Waals surface area contributed by atoms with E-state index in [-0.39, 0.29) is 42.3 Å². The van der Waals surface area contributed by atoms with Crippen molar-refractivity contribution < 1.29 is 24.2 Å². The molecule has 0 aromatic carbocycles. The fourth-order valence-electron chi connectivity index (χ4n) is 5.09. The van der Waals surface area contributed by atoms with Gasteiger partial charge in [0.15, 0.2) is 11.6 Å². The van der Waals surface area contributed by atoms with Crippen molar-refractivity contribution in [3.8, 4) is 0 Å². The number of carbonyl (C=O) groups excluding carboxylic acids is 3. The van der Waals surface area contributed by atoms with E-state index in [1.165, 1.54) is 6.92 Å². The van der Waals surface area contributed by atoms with Crippen LogP contribution in [0.1, 0.15) is 47.5 Å². The van der Waals surface area contributed by atoms with E-state index in [1.807, 2.05) is 32.9 Å². The molecule has 3 aliphatic rings. The summed E-state index contributed by atoms with van der Waals surface area (Å²) in [5, 5.41) is 11.9. The summed E-state index contributed by atoms with van der Waals surface area (Å²) in [6.45, 7) is 8.86. The van der Waals surface area contributed by atoms with Gasteiger partial charge in [-0.05, 0) is 44.3 Å². The van der Waals surface area contributed by atoms with Crippen LogP contribution in [0.4, 0.5) is 0 Å². The Morgan fingerprint density at radius 2 is 1.89 bits per heavy atom. The number of esters is 1. The van der Waals surface area contributed by atoms with E-state index in [9.17, 15) is 19.5 Å².